The summed E-state index contributed by atoms with van der Waals surface area (Å²) in [5.41, 5.74) is 0. The van der Waals surface area contributed by atoms with E-state index in [0.717, 1.165) is 37.0 Å². The summed E-state index contributed by atoms with van der Waals surface area (Å²) >= 11 is 1.40. The van der Waals surface area contributed by atoms with Crippen molar-refractivity contribution >= 4 is 23.2 Å². The molecule has 21 heavy (non-hydrogen) atoms. The second-order valence-corrected chi connectivity index (χ2v) is 6.76. The third-order valence-electron chi connectivity index (χ3n) is 3.70. The molecule has 0 spiro atoms. The first-order chi connectivity index (χ1) is 10.1. The lowest BCUT2D eigenvalue weighted by Gasteiger charge is -2.21. The van der Waals surface area contributed by atoms with Crippen LogP contribution in [0.4, 0.5) is 0 Å². The zero-order valence-corrected chi connectivity index (χ0v) is 13.0. The predicted octanol–water partition coefficient (Wildman–Crippen LogP) is 1.60. The van der Waals surface area contributed by atoms with Crippen LogP contribution in [0.3, 0.4) is 0 Å². The quantitative estimate of drug-likeness (QED) is 0.739. The first-order valence-corrected chi connectivity index (χ1v) is 8.20. The lowest BCUT2D eigenvalue weighted by molar-refractivity contribution is -0.121. The van der Waals surface area contributed by atoms with Gasteiger partial charge in [-0.1, -0.05) is 19.3 Å². The average Bonchev–Trinajstić information content (AvgIpc) is 2.79. The number of hydrogen-bond donors (Lipinski definition) is 3. The molecule has 0 aliphatic heterocycles. The molecule has 6 heteroatoms. The summed E-state index contributed by atoms with van der Waals surface area (Å²) < 4.78 is 0. The Morgan fingerprint density at radius 1 is 1.29 bits per heavy atom. The smallest absolute Gasteiger partial charge is 0.261 e. The molecule has 2 atom stereocenters. The van der Waals surface area contributed by atoms with Gasteiger partial charge in [0.2, 0.25) is 5.91 Å². The first-order valence-electron chi connectivity index (χ1n) is 7.38. The van der Waals surface area contributed by atoms with E-state index in [9.17, 15) is 14.7 Å². The van der Waals surface area contributed by atoms with Crippen molar-refractivity contribution < 1.29 is 14.7 Å². The summed E-state index contributed by atoms with van der Waals surface area (Å²) in [5.74, 6) is -0.479. The second-order valence-electron chi connectivity index (χ2n) is 5.47. The van der Waals surface area contributed by atoms with Gasteiger partial charge < -0.3 is 15.7 Å². The highest BCUT2D eigenvalue weighted by molar-refractivity contribution is 7.13. The van der Waals surface area contributed by atoms with Gasteiger partial charge in [-0.3, -0.25) is 9.59 Å². The van der Waals surface area contributed by atoms with Gasteiger partial charge in [0.25, 0.3) is 5.91 Å². The number of rotatable bonds is 4. The van der Waals surface area contributed by atoms with Crippen LogP contribution in [0.2, 0.25) is 0 Å². The van der Waals surface area contributed by atoms with E-state index in [1.807, 2.05) is 13.0 Å². The number of amides is 2. The minimum absolute atomic E-state index is 0.0565. The summed E-state index contributed by atoms with van der Waals surface area (Å²) in [4.78, 5) is 25.4. The zero-order valence-electron chi connectivity index (χ0n) is 12.2. The van der Waals surface area contributed by atoms with E-state index in [4.69, 9.17) is 0 Å². The highest BCUT2D eigenvalue weighted by Gasteiger charge is 2.23. The molecule has 5 nitrogen and oxygen atoms in total. The molecule has 0 aromatic carbocycles. The van der Waals surface area contributed by atoms with Crippen molar-refractivity contribution in [1.29, 1.82) is 0 Å². The Bertz CT molecular complexity index is 501. The topological polar surface area (TPSA) is 78.4 Å². The Labute approximate surface area is 128 Å². The van der Waals surface area contributed by atoms with Gasteiger partial charge in [0.05, 0.1) is 23.6 Å². The number of nitrogens with one attached hydrogen (secondary N) is 2. The number of thiophene rings is 1. The van der Waals surface area contributed by atoms with Crippen LogP contribution in [-0.4, -0.2) is 35.6 Å². The summed E-state index contributed by atoms with van der Waals surface area (Å²) in [6.07, 6.45) is 4.16. The first kappa shape index (κ1) is 16.0. The van der Waals surface area contributed by atoms with Gasteiger partial charge in [-0.15, -0.1) is 11.3 Å². The Kier molecular flexibility index (Phi) is 5.76. The third-order valence-corrected chi connectivity index (χ3v) is 4.70. The largest absolute Gasteiger partial charge is 0.391 e. The SMILES string of the molecule is Cc1ccc(C(=O)NCC(=O)NC2CCCCCC2O)s1. The number of aliphatic hydroxyl groups excluding tert-OH is 1. The van der Waals surface area contributed by atoms with E-state index in [2.05, 4.69) is 10.6 Å². The highest BCUT2D eigenvalue weighted by atomic mass is 32.1. The van der Waals surface area contributed by atoms with Crippen molar-refractivity contribution in [2.24, 2.45) is 0 Å². The molecule has 116 valence electrons. The Morgan fingerprint density at radius 2 is 2.05 bits per heavy atom. The molecule has 2 unspecified atom stereocenters. The summed E-state index contributed by atoms with van der Waals surface area (Å²) in [6, 6.07) is 3.44. The van der Waals surface area contributed by atoms with Crippen LogP contribution in [0.5, 0.6) is 0 Å². The summed E-state index contributed by atoms with van der Waals surface area (Å²) in [5, 5.41) is 15.4. The Balaban J connectivity index is 1.77. The molecule has 1 heterocycles. The summed E-state index contributed by atoms with van der Waals surface area (Å²) in [7, 11) is 0. The van der Waals surface area contributed by atoms with Crippen molar-refractivity contribution in [1.82, 2.24) is 10.6 Å². The van der Waals surface area contributed by atoms with E-state index in [1.54, 1.807) is 6.07 Å². The van der Waals surface area contributed by atoms with Gasteiger partial charge >= 0.3 is 0 Å². The molecule has 0 radical (unpaired) electrons. The van der Waals surface area contributed by atoms with Crippen LogP contribution in [0.15, 0.2) is 12.1 Å². The molecule has 1 fully saturated rings. The molecular formula is C15H22N2O3S. The van der Waals surface area contributed by atoms with Crippen molar-refractivity contribution in [2.45, 2.75) is 51.2 Å². The van der Waals surface area contributed by atoms with Crippen molar-refractivity contribution in [3.8, 4) is 0 Å². The lowest BCUT2D eigenvalue weighted by atomic mass is 10.1. The molecule has 2 rings (SSSR count). The van der Waals surface area contributed by atoms with Crippen molar-refractivity contribution in [3.05, 3.63) is 21.9 Å². The van der Waals surface area contributed by atoms with E-state index >= 15 is 0 Å². The van der Waals surface area contributed by atoms with Crippen molar-refractivity contribution in [2.75, 3.05) is 6.54 Å². The highest BCUT2D eigenvalue weighted by Crippen LogP contribution is 2.18. The van der Waals surface area contributed by atoms with Crippen LogP contribution in [0.25, 0.3) is 0 Å². The minimum Gasteiger partial charge on any atom is -0.391 e. The van der Waals surface area contributed by atoms with Gasteiger partial charge in [-0.25, -0.2) is 0 Å². The van der Waals surface area contributed by atoms with Gasteiger partial charge in [0.1, 0.15) is 0 Å². The maximum atomic E-state index is 11.9. The van der Waals surface area contributed by atoms with E-state index in [0.29, 0.717) is 4.88 Å². The molecule has 3 N–H and O–H groups in total. The Morgan fingerprint density at radius 3 is 2.76 bits per heavy atom. The number of aliphatic hydroxyl groups is 1. The molecule has 1 aliphatic rings. The molecule has 2 amide bonds. The fraction of sp³-hybridized carbons (Fsp3) is 0.600. The lowest BCUT2D eigenvalue weighted by Crippen LogP contribution is -2.46. The molecule has 0 bridgehead atoms. The van der Waals surface area contributed by atoms with Crippen LogP contribution >= 0.6 is 11.3 Å². The minimum atomic E-state index is -0.480. The standard InChI is InChI=1S/C15H22N2O3S/c1-10-7-8-13(21-10)15(20)16-9-14(19)17-11-5-3-2-4-6-12(11)18/h7-8,11-12,18H,2-6,9H2,1H3,(H,16,20)(H,17,19). The monoisotopic (exact) mass is 310 g/mol. The second kappa shape index (κ2) is 7.56. The van der Waals surface area contributed by atoms with Gasteiger partial charge in [-0.2, -0.15) is 0 Å². The van der Waals surface area contributed by atoms with Crippen LogP contribution in [0.1, 0.15) is 46.7 Å². The maximum absolute atomic E-state index is 11.9. The zero-order chi connectivity index (χ0) is 15.2. The van der Waals surface area contributed by atoms with Crippen LogP contribution in [0, 0.1) is 6.92 Å². The van der Waals surface area contributed by atoms with E-state index < -0.39 is 6.10 Å². The van der Waals surface area contributed by atoms with Gasteiger partial charge in [0.15, 0.2) is 0 Å². The average molecular weight is 310 g/mol. The number of hydrogen-bond acceptors (Lipinski definition) is 4. The number of carbonyl (C=O) groups is 2. The molecular weight excluding hydrogens is 288 g/mol. The summed E-state index contributed by atoms with van der Waals surface area (Å²) in [6.45, 7) is 1.88. The molecule has 1 aliphatic carbocycles. The third kappa shape index (κ3) is 4.82. The fourth-order valence-electron chi connectivity index (χ4n) is 2.52. The Hall–Kier alpha value is -1.40. The number of aryl methyl sites for hydroxylation is 1. The van der Waals surface area contributed by atoms with Gasteiger partial charge in [0, 0.05) is 4.88 Å². The molecule has 1 aromatic heterocycles. The van der Waals surface area contributed by atoms with Crippen LogP contribution in [-0.2, 0) is 4.79 Å². The number of carbonyl (C=O) groups excluding carboxylic acids is 2. The molecule has 0 saturated heterocycles. The fourth-order valence-corrected chi connectivity index (χ4v) is 3.30. The molecule has 1 saturated carbocycles. The van der Waals surface area contributed by atoms with Gasteiger partial charge in [-0.05, 0) is 31.9 Å². The normalized spacial score (nSPS) is 22.4. The predicted molar refractivity (Wildman–Crippen MR) is 82.4 cm³/mol. The molecule has 1 aromatic rings. The maximum Gasteiger partial charge on any atom is 0.261 e. The van der Waals surface area contributed by atoms with E-state index in [1.165, 1.54) is 11.3 Å². The van der Waals surface area contributed by atoms with Crippen molar-refractivity contribution in [3.63, 3.8) is 0 Å². The van der Waals surface area contributed by atoms with Crippen LogP contribution < -0.4 is 10.6 Å². The van der Waals surface area contributed by atoms with E-state index in [-0.39, 0.29) is 24.4 Å².